The van der Waals surface area contributed by atoms with Gasteiger partial charge in [0.15, 0.2) is 0 Å². The van der Waals surface area contributed by atoms with E-state index in [1.165, 1.54) is 0 Å². The molecule has 0 radical (unpaired) electrons. The molecule has 2 heterocycles. The van der Waals surface area contributed by atoms with Crippen LogP contribution in [0.25, 0.3) is 0 Å². The van der Waals surface area contributed by atoms with Crippen molar-refractivity contribution in [3.05, 3.63) is 30.7 Å². The average molecular weight is 206 g/mol. The summed E-state index contributed by atoms with van der Waals surface area (Å²) in [6.45, 7) is 0. The number of hydrogen-bond donors (Lipinski definition) is 1. The maximum Gasteiger partial charge on any atom is 0.123 e. The molecule has 14 heavy (non-hydrogen) atoms. The van der Waals surface area contributed by atoms with Crippen LogP contribution in [-0.2, 0) is 7.05 Å². The molecule has 0 bridgehead atoms. The lowest BCUT2D eigenvalue weighted by Crippen LogP contribution is -1.87. The third-order valence-electron chi connectivity index (χ3n) is 1.68. The summed E-state index contributed by atoms with van der Waals surface area (Å²) in [5.41, 5.74) is 5.49. The first-order chi connectivity index (χ1) is 6.74. The Bertz CT molecular complexity index is 421. The Balaban J connectivity index is 2.15. The van der Waals surface area contributed by atoms with Crippen LogP contribution in [0.5, 0.6) is 0 Å². The quantitative estimate of drug-likeness (QED) is 0.810. The van der Waals surface area contributed by atoms with Crippen molar-refractivity contribution in [2.45, 2.75) is 9.79 Å². The number of rotatable bonds is 2. The summed E-state index contributed by atoms with van der Waals surface area (Å²) in [6.07, 6.45) is 5.54. The van der Waals surface area contributed by atoms with E-state index in [-0.39, 0.29) is 0 Å². The third-order valence-corrected chi connectivity index (χ3v) is 2.60. The van der Waals surface area contributed by atoms with Crippen molar-refractivity contribution >= 4 is 17.6 Å². The lowest BCUT2D eigenvalue weighted by molar-refractivity contribution is 0.766. The first-order valence-corrected chi connectivity index (χ1v) is 4.94. The summed E-state index contributed by atoms with van der Waals surface area (Å²) in [5.74, 6) is 0.542. The molecule has 2 aromatic heterocycles. The molecule has 2 N–H and O–H groups in total. The lowest BCUT2D eigenvalue weighted by atomic mass is 10.5. The fraction of sp³-hybridized carbons (Fsp3) is 0.111. The molecule has 0 aromatic carbocycles. The maximum absolute atomic E-state index is 5.49. The molecule has 2 aromatic rings. The molecule has 4 nitrogen and oxygen atoms in total. The highest BCUT2D eigenvalue weighted by Gasteiger charge is 1.99. The van der Waals surface area contributed by atoms with Gasteiger partial charge in [-0.1, -0.05) is 11.8 Å². The van der Waals surface area contributed by atoms with Crippen molar-refractivity contribution in [3.63, 3.8) is 0 Å². The highest BCUT2D eigenvalue weighted by Crippen LogP contribution is 2.26. The van der Waals surface area contributed by atoms with Gasteiger partial charge in [0.05, 0.1) is 11.1 Å². The molecule has 5 heteroatoms. The fourth-order valence-electron chi connectivity index (χ4n) is 1.04. The summed E-state index contributed by atoms with van der Waals surface area (Å²) in [6, 6.07) is 3.73. The van der Waals surface area contributed by atoms with E-state index in [1.807, 2.05) is 25.5 Å². The van der Waals surface area contributed by atoms with E-state index in [4.69, 9.17) is 5.73 Å². The molecule has 0 saturated heterocycles. The van der Waals surface area contributed by atoms with Crippen LogP contribution < -0.4 is 5.73 Å². The summed E-state index contributed by atoms with van der Waals surface area (Å²) in [4.78, 5) is 6.17. The van der Waals surface area contributed by atoms with Crippen molar-refractivity contribution in [2.75, 3.05) is 5.73 Å². The minimum atomic E-state index is 0.542. The number of aromatic nitrogens is 3. The number of nitrogens with two attached hydrogens (primary N) is 1. The molecule has 0 aliphatic carbocycles. The van der Waals surface area contributed by atoms with Gasteiger partial charge in [-0.05, 0) is 12.1 Å². The number of aryl methyl sites for hydroxylation is 1. The molecule has 0 atom stereocenters. The topological polar surface area (TPSA) is 56.7 Å². The van der Waals surface area contributed by atoms with E-state index in [0.29, 0.717) is 5.82 Å². The highest BCUT2D eigenvalue weighted by atomic mass is 32.2. The van der Waals surface area contributed by atoms with Gasteiger partial charge >= 0.3 is 0 Å². The van der Waals surface area contributed by atoms with Gasteiger partial charge in [-0.3, -0.25) is 4.68 Å². The van der Waals surface area contributed by atoms with E-state index >= 15 is 0 Å². The van der Waals surface area contributed by atoms with Gasteiger partial charge < -0.3 is 5.73 Å². The van der Waals surface area contributed by atoms with Crippen LogP contribution in [0.1, 0.15) is 0 Å². The summed E-state index contributed by atoms with van der Waals surface area (Å²) >= 11 is 1.62. The van der Waals surface area contributed by atoms with Crippen LogP contribution in [-0.4, -0.2) is 14.8 Å². The number of nitrogens with zero attached hydrogens (tertiary/aromatic N) is 3. The van der Waals surface area contributed by atoms with Gasteiger partial charge in [0, 0.05) is 24.3 Å². The molecule has 0 spiro atoms. The van der Waals surface area contributed by atoms with E-state index < -0.39 is 0 Å². The number of hydrogen-bond acceptors (Lipinski definition) is 4. The second kappa shape index (κ2) is 3.71. The minimum absolute atomic E-state index is 0.542. The predicted octanol–water partition coefficient (Wildman–Crippen LogP) is 1.55. The molecule has 0 amide bonds. The molecule has 0 unspecified atom stereocenters. The highest BCUT2D eigenvalue weighted by molar-refractivity contribution is 7.99. The number of anilines is 1. The van der Waals surface area contributed by atoms with Crippen LogP contribution in [0.3, 0.4) is 0 Å². The summed E-state index contributed by atoms with van der Waals surface area (Å²) in [5, 5.41) is 4.08. The zero-order valence-electron chi connectivity index (χ0n) is 7.71. The first kappa shape index (κ1) is 9.08. The molecule has 2 rings (SSSR count). The largest absolute Gasteiger partial charge is 0.384 e. The van der Waals surface area contributed by atoms with Crippen LogP contribution in [0.2, 0.25) is 0 Å². The van der Waals surface area contributed by atoms with Gasteiger partial charge in [0.1, 0.15) is 5.82 Å². The second-order valence-corrected chi connectivity index (χ2v) is 4.02. The molecule has 0 aliphatic rings. The zero-order chi connectivity index (χ0) is 9.97. The number of pyridine rings is 1. The Morgan fingerprint density at radius 3 is 2.71 bits per heavy atom. The second-order valence-electron chi connectivity index (χ2n) is 2.87. The SMILES string of the molecule is Cn1cc(Sc2ccc(N)nc2)cn1. The Hall–Kier alpha value is -1.49. The van der Waals surface area contributed by atoms with Crippen LogP contribution in [0.4, 0.5) is 5.82 Å². The Morgan fingerprint density at radius 2 is 2.14 bits per heavy atom. The standard InChI is InChI=1S/C9H10N4S/c1-13-6-8(5-12-13)14-7-2-3-9(10)11-4-7/h2-6H,1H3,(H2,10,11). The van der Waals surface area contributed by atoms with Crippen molar-refractivity contribution in [1.82, 2.24) is 14.8 Å². The maximum atomic E-state index is 5.49. The van der Waals surface area contributed by atoms with Crippen LogP contribution in [0, 0.1) is 0 Å². The van der Waals surface area contributed by atoms with Crippen LogP contribution >= 0.6 is 11.8 Å². The number of nitrogen functional groups attached to an aromatic ring is 1. The summed E-state index contributed by atoms with van der Waals surface area (Å²) < 4.78 is 1.77. The zero-order valence-corrected chi connectivity index (χ0v) is 8.53. The average Bonchev–Trinajstić information content (AvgIpc) is 2.56. The lowest BCUT2D eigenvalue weighted by Gasteiger charge is -1.97. The van der Waals surface area contributed by atoms with Gasteiger partial charge in [-0.15, -0.1) is 0 Å². The van der Waals surface area contributed by atoms with Crippen molar-refractivity contribution in [1.29, 1.82) is 0 Å². The fourth-order valence-corrected chi connectivity index (χ4v) is 1.86. The smallest absolute Gasteiger partial charge is 0.123 e. The van der Waals surface area contributed by atoms with Crippen molar-refractivity contribution < 1.29 is 0 Å². The van der Waals surface area contributed by atoms with Gasteiger partial charge in [-0.2, -0.15) is 5.10 Å². The Kier molecular flexibility index (Phi) is 2.41. The van der Waals surface area contributed by atoms with Crippen molar-refractivity contribution in [3.8, 4) is 0 Å². The van der Waals surface area contributed by atoms with E-state index in [1.54, 1.807) is 28.7 Å². The van der Waals surface area contributed by atoms with E-state index in [0.717, 1.165) is 9.79 Å². The summed E-state index contributed by atoms with van der Waals surface area (Å²) in [7, 11) is 1.89. The first-order valence-electron chi connectivity index (χ1n) is 4.12. The molecular weight excluding hydrogens is 196 g/mol. The predicted molar refractivity (Wildman–Crippen MR) is 56.0 cm³/mol. The van der Waals surface area contributed by atoms with Crippen molar-refractivity contribution in [2.24, 2.45) is 7.05 Å². The molecule has 72 valence electrons. The Morgan fingerprint density at radius 1 is 1.29 bits per heavy atom. The molecule has 0 saturated carbocycles. The van der Waals surface area contributed by atoms with Gasteiger partial charge in [0.2, 0.25) is 0 Å². The minimum Gasteiger partial charge on any atom is -0.384 e. The molecular formula is C9H10N4S. The van der Waals surface area contributed by atoms with Gasteiger partial charge in [0.25, 0.3) is 0 Å². The monoisotopic (exact) mass is 206 g/mol. The van der Waals surface area contributed by atoms with Crippen LogP contribution in [0.15, 0.2) is 40.5 Å². The van der Waals surface area contributed by atoms with E-state index in [9.17, 15) is 0 Å². The Labute approximate surface area is 86.1 Å². The molecule has 0 fully saturated rings. The van der Waals surface area contributed by atoms with E-state index in [2.05, 4.69) is 10.1 Å². The molecule has 0 aliphatic heterocycles. The van der Waals surface area contributed by atoms with Gasteiger partial charge in [-0.25, -0.2) is 4.98 Å². The third kappa shape index (κ3) is 2.05. The normalized spacial score (nSPS) is 10.4.